The first-order valence-electron chi connectivity index (χ1n) is 9.19. The first kappa shape index (κ1) is 20.0. The van der Waals surface area contributed by atoms with Crippen LogP contribution in [0.5, 0.6) is 11.5 Å². The Morgan fingerprint density at radius 3 is 2.48 bits per heavy atom. The third-order valence-corrected chi connectivity index (χ3v) is 4.51. The number of hydrogen-bond donors (Lipinski definition) is 1. The zero-order chi connectivity index (χ0) is 20.8. The highest BCUT2D eigenvalue weighted by molar-refractivity contribution is 6.01. The molecule has 0 amide bonds. The second kappa shape index (κ2) is 8.94. The van der Waals surface area contributed by atoms with Crippen molar-refractivity contribution < 1.29 is 19.4 Å². The second-order valence-electron chi connectivity index (χ2n) is 6.64. The number of fused-ring (bicyclic) bond motifs is 1. The summed E-state index contributed by atoms with van der Waals surface area (Å²) < 4.78 is 11.7. The molecule has 3 aromatic carbocycles. The summed E-state index contributed by atoms with van der Waals surface area (Å²) in [5, 5.41) is 20.1. The van der Waals surface area contributed by atoms with E-state index in [2.05, 4.69) is 0 Å². The van der Waals surface area contributed by atoms with Crippen LogP contribution in [-0.4, -0.2) is 24.3 Å². The van der Waals surface area contributed by atoms with Gasteiger partial charge in [0.25, 0.3) is 0 Å². The summed E-state index contributed by atoms with van der Waals surface area (Å²) in [6.07, 6.45) is 1.35. The van der Waals surface area contributed by atoms with E-state index >= 15 is 0 Å². The topological polar surface area (TPSA) is 79.5 Å². The molecule has 1 N–H and O–H groups in total. The van der Waals surface area contributed by atoms with E-state index in [1.807, 2.05) is 62.4 Å². The molecular formula is C24H21NO4. The van der Waals surface area contributed by atoms with Gasteiger partial charge >= 0.3 is 5.97 Å². The van der Waals surface area contributed by atoms with E-state index in [0.29, 0.717) is 17.9 Å². The minimum Gasteiger partial charge on any atom is -0.490 e. The van der Waals surface area contributed by atoms with E-state index in [1.165, 1.54) is 6.08 Å². The Morgan fingerprint density at radius 1 is 1.03 bits per heavy atom. The van der Waals surface area contributed by atoms with E-state index in [1.54, 1.807) is 12.1 Å². The number of rotatable bonds is 7. The van der Waals surface area contributed by atoms with Gasteiger partial charge in [0.15, 0.2) is 0 Å². The van der Waals surface area contributed by atoms with E-state index in [0.717, 1.165) is 27.6 Å². The van der Waals surface area contributed by atoms with Gasteiger partial charge in [-0.15, -0.1) is 0 Å². The Morgan fingerprint density at radius 2 is 1.76 bits per heavy atom. The molecule has 146 valence electrons. The summed E-state index contributed by atoms with van der Waals surface area (Å²) in [6, 6.07) is 19.0. The van der Waals surface area contributed by atoms with Gasteiger partial charge in [-0.25, -0.2) is 4.79 Å². The van der Waals surface area contributed by atoms with E-state index < -0.39 is 5.97 Å². The Bertz CT molecular complexity index is 1130. The lowest BCUT2D eigenvalue weighted by Crippen LogP contribution is -2.10. The number of aliphatic carboxylic acids is 1. The van der Waals surface area contributed by atoms with Crippen LogP contribution in [0.3, 0.4) is 0 Å². The summed E-state index contributed by atoms with van der Waals surface area (Å²) in [5.74, 6) is 0.0387. The maximum atomic E-state index is 11.3. The average Bonchev–Trinajstić information content (AvgIpc) is 2.72. The van der Waals surface area contributed by atoms with Gasteiger partial charge in [0.1, 0.15) is 36.4 Å². The van der Waals surface area contributed by atoms with Crippen LogP contribution in [0.2, 0.25) is 0 Å². The van der Waals surface area contributed by atoms with Crippen molar-refractivity contribution in [1.29, 1.82) is 5.26 Å². The van der Waals surface area contributed by atoms with Crippen LogP contribution in [0, 0.1) is 25.2 Å². The molecule has 0 spiro atoms. The summed E-state index contributed by atoms with van der Waals surface area (Å²) in [5.41, 5.74) is 2.38. The number of carbonyl (C=O) groups is 1. The van der Waals surface area contributed by atoms with Gasteiger partial charge in [0, 0.05) is 5.56 Å². The van der Waals surface area contributed by atoms with Crippen LogP contribution in [0.25, 0.3) is 16.8 Å². The van der Waals surface area contributed by atoms with Crippen LogP contribution >= 0.6 is 0 Å². The molecule has 0 bridgehead atoms. The van der Waals surface area contributed by atoms with Crippen molar-refractivity contribution in [1.82, 2.24) is 0 Å². The lowest BCUT2D eigenvalue weighted by Gasteiger charge is -2.14. The predicted octanol–water partition coefficient (Wildman–Crippen LogP) is 4.91. The summed E-state index contributed by atoms with van der Waals surface area (Å²) in [6.45, 7) is 4.61. The van der Waals surface area contributed by atoms with Gasteiger partial charge in [-0.1, -0.05) is 42.5 Å². The molecule has 0 radical (unpaired) electrons. The van der Waals surface area contributed by atoms with Crippen LogP contribution in [0.1, 0.15) is 16.7 Å². The lowest BCUT2D eigenvalue weighted by atomic mass is 10.0. The van der Waals surface area contributed by atoms with E-state index in [4.69, 9.17) is 14.7 Å². The fourth-order valence-electron chi connectivity index (χ4n) is 3.00. The van der Waals surface area contributed by atoms with Crippen molar-refractivity contribution in [2.45, 2.75) is 13.8 Å². The number of hydrogen-bond acceptors (Lipinski definition) is 4. The zero-order valence-electron chi connectivity index (χ0n) is 16.3. The molecule has 0 saturated heterocycles. The van der Waals surface area contributed by atoms with Crippen molar-refractivity contribution in [3.8, 4) is 17.6 Å². The molecule has 5 heteroatoms. The molecule has 0 saturated carbocycles. The number of carboxylic acids is 1. The molecule has 0 aromatic heterocycles. The third-order valence-electron chi connectivity index (χ3n) is 4.51. The Balaban J connectivity index is 1.83. The van der Waals surface area contributed by atoms with Gasteiger partial charge in [0.05, 0.1) is 0 Å². The fourth-order valence-corrected chi connectivity index (χ4v) is 3.00. The van der Waals surface area contributed by atoms with Crippen molar-refractivity contribution >= 4 is 22.8 Å². The number of aryl methyl sites for hydroxylation is 2. The molecule has 0 heterocycles. The summed E-state index contributed by atoms with van der Waals surface area (Å²) >= 11 is 0. The van der Waals surface area contributed by atoms with Gasteiger partial charge in [-0.3, -0.25) is 0 Å². The Labute approximate surface area is 169 Å². The zero-order valence-corrected chi connectivity index (χ0v) is 16.3. The van der Waals surface area contributed by atoms with Crippen molar-refractivity contribution in [2.24, 2.45) is 0 Å². The van der Waals surface area contributed by atoms with Gasteiger partial charge in [-0.2, -0.15) is 5.26 Å². The maximum Gasteiger partial charge on any atom is 0.346 e. The van der Waals surface area contributed by atoms with Crippen LogP contribution in [0.4, 0.5) is 0 Å². The lowest BCUT2D eigenvalue weighted by molar-refractivity contribution is -0.132. The number of benzene rings is 3. The van der Waals surface area contributed by atoms with E-state index in [9.17, 15) is 9.90 Å². The Hall–Kier alpha value is -3.78. The van der Waals surface area contributed by atoms with Gasteiger partial charge in [-0.05, 0) is 54.0 Å². The maximum absolute atomic E-state index is 11.3. The smallest absolute Gasteiger partial charge is 0.346 e. The highest BCUT2D eigenvalue weighted by Crippen LogP contribution is 2.30. The molecular weight excluding hydrogens is 366 g/mol. The summed E-state index contributed by atoms with van der Waals surface area (Å²) in [4.78, 5) is 11.3. The van der Waals surface area contributed by atoms with Crippen molar-refractivity contribution in [2.75, 3.05) is 13.2 Å². The van der Waals surface area contributed by atoms with Crippen LogP contribution < -0.4 is 9.47 Å². The van der Waals surface area contributed by atoms with E-state index in [-0.39, 0.29) is 12.2 Å². The predicted molar refractivity (Wildman–Crippen MR) is 112 cm³/mol. The number of nitrogens with zero attached hydrogens (tertiary/aromatic N) is 1. The minimum absolute atomic E-state index is 0.279. The van der Waals surface area contributed by atoms with Gasteiger partial charge < -0.3 is 14.6 Å². The SMILES string of the molecule is Cc1ccc(C)c(OCCOc2ccc3ccccc3c2C=C(C#N)C(=O)O)c1. The average molecular weight is 387 g/mol. The second-order valence-corrected chi connectivity index (χ2v) is 6.64. The number of nitriles is 1. The Kier molecular flexibility index (Phi) is 6.16. The molecule has 0 fully saturated rings. The van der Waals surface area contributed by atoms with Crippen molar-refractivity contribution in [3.05, 3.63) is 76.9 Å². The van der Waals surface area contributed by atoms with Crippen LogP contribution in [0.15, 0.2) is 60.2 Å². The fraction of sp³-hybridized carbons (Fsp3) is 0.167. The molecule has 5 nitrogen and oxygen atoms in total. The molecule has 0 aliphatic heterocycles. The standard InChI is InChI=1S/C24H21NO4/c1-16-7-8-17(2)23(13-16)29-12-11-28-22-10-9-18-5-3-4-6-20(18)21(22)14-19(15-25)24(26)27/h3-10,13-14H,11-12H2,1-2H3,(H,26,27). The molecule has 29 heavy (non-hydrogen) atoms. The molecule has 0 unspecified atom stereocenters. The highest BCUT2D eigenvalue weighted by atomic mass is 16.5. The first-order chi connectivity index (χ1) is 14.0. The first-order valence-corrected chi connectivity index (χ1v) is 9.19. The molecule has 0 atom stereocenters. The highest BCUT2D eigenvalue weighted by Gasteiger charge is 2.12. The molecule has 3 aromatic rings. The minimum atomic E-state index is -1.27. The monoisotopic (exact) mass is 387 g/mol. The normalized spacial score (nSPS) is 11.1. The van der Waals surface area contributed by atoms with Gasteiger partial charge in [0.2, 0.25) is 0 Å². The van der Waals surface area contributed by atoms with Crippen LogP contribution in [-0.2, 0) is 4.79 Å². The largest absolute Gasteiger partial charge is 0.490 e. The number of ether oxygens (including phenoxy) is 2. The van der Waals surface area contributed by atoms with Crippen molar-refractivity contribution in [3.63, 3.8) is 0 Å². The number of carboxylic acid groups (broad SMARTS) is 1. The molecule has 0 aliphatic carbocycles. The summed E-state index contributed by atoms with van der Waals surface area (Å²) in [7, 11) is 0. The molecule has 3 rings (SSSR count). The molecule has 0 aliphatic rings. The quantitative estimate of drug-likeness (QED) is 0.354. The third kappa shape index (κ3) is 4.74.